The number of rotatable bonds is 2. The van der Waals surface area contributed by atoms with Gasteiger partial charge >= 0.3 is 0 Å². The molecule has 94 valence electrons. The molecule has 0 spiro atoms. The van der Waals surface area contributed by atoms with Gasteiger partial charge in [-0.25, -0.2) is 0 Å². The Morgan fingerprint density at radius 2 is 1.63 bits per heavy atom. The van der Waals surface area contributed by atoms with Crippen molar-refractivity contribution in [2.24, 2.45) is 0 Å². The molecule has 1 atom stereocenters. The lowest BCUT2D eigenvalue weighted by Gasteiger charge is -2.42. The average molecular weight is 314 g/mol. The van der Waals surface area contributed by atoms with Gasteiger partial charge in [0, 0.05) is 15.7 Å². The minimum Gasteiger partial charge on any atom is -0.297 e. The van der Waals surface area contributed by atoms with Crippen LogP contribution < -0.4 is 4.90 Å². The number of amides is 1. The fourth-order valence-corrected chi connectivity index (χ4v) is 2.60. The second-order valence-electron chi connectivity index (χ2n) is 4.49. The molecular weight excluding hydrogens is 302 g/mol. The lowest BCUT2D eigenvalue weighted by atomic mass is 9.88. The molecule has 1 fully saturated rings. The van der Waals surface area contributed by atoms with Gasteiger partial charge in [-0.3, -0.25) is 9.69 Å². The van der Waals surface area contributed by atoms with E-state index in [1.165, 1.54) is 0 Å². The molecule has 0 aliphatic carbocycles. The Kier molecular flexibility index (Phi) is 2.99. The maximum absolute atomic E-state index is 12.0. The van der Waals surface area contributed by atoms with Crippen LogP contribution in [-0.2, 0) is 4.79 Å². The Labute approximate surface area is 120 Å². The van der Waals surface area contributed by atoms with Crippen molar-refractivity contribution in [3.05, 3.63) is 76.8 Å². The van der Waals surface area contributed by atoms with Crippen molar-refractivity contribution in [3.8, 4) is 0 Å². The van der Waals surface area contributed by atoms with E-state index in [4.69, 9.17) is 0 Å². The third-order valence-corrected chi connectivity index (χ3v) is 3.83. The summed E-state index contributed by atoms with van der Waals surface area (Å²) in [7, 11) is 0. The minimum absolute atomic E-state index is 0.00354. The van der Waals surface area contributed by atoms with Crippen molar-refractivity contribution < 1.29 is 4.79 Å². The third kappa shape index (κ3) is 2.00. The molecule has 1 aliphatic rings. The molecule has 0 bridgehead atoms. The Balaban J connectivity index is 1.98. The Morgan fingerprint density at radius 3 is 2.26 bits per heavy atom. The molecule has 2 aromatic rings. The topological polar surface area (TPSA) is 20.3 Å². The first-order valence-corrected chi connectivity index (χ1v) is 6.80. The van der Waals surface area contributed by atoms with E-state index >= 15 is 0 Å². The number of halogens is 1. The third-order valence-electron chi connectivity index (χ3n) is 3.30. The molecule has 3 rings (SSSR count). The van der Waals surface area contributed by atoms with Gasteiger partial charge in [0.05, 0.1) is 6.04 Å². The highest BCUT2D eigenvalue weighted by atomic mass is 79.9. The summed E-state index contributed by atoms with van der Waals surface area (Å²) in [5.74, 6) is -0.00354. The van der Waals surface area contributed by atoms with Crippen LogP contribution >= 0.6 is 15.9 Å². The second kappa shape index (κ2) is 4.67. The van der Waals surface area contributed by atoms with Crippen LogP contribution in [0.5, 0.6) is 0 Å². The second-order valence-corrected chi connectivity index (χ2v) is 5.41. The van der Waals surface area contributed by atoms with Crippen LogP contribution in [-0.4, -0.2) is 5.91 Å². The van der Waals surface area contributed by atoms with Crippen LogP contribution in [0, 0.1) is 0 Å². The summed E-state index contributed by atoms with van der Waals surface area (Å²) in [4.78, 5) is 13.8. The summed E-state index contributed by atoms with van der Waals surface area (Å²) >= 11 is 3.40. The highest BCUT2D eigenvalue weighted by Gasteiger charge is 2.42. The Morgan fingerprint density at radius 1 is 1.00 bits per heavy atom. The van der Waals surface area contributed by atoms with Crippen molar-refractivity contribution >= 4 is 27.5 Å². The van der Waals surface area contributed by atoms with Gasteiger partial charge in [0.25, 0.3) is 5.91 Å². The maximum atomic E-state index is 12.0. The lowest BCUT2D eigenvalue weighted by Crippen LogP contribution is -2.48. The van der Waals surface area contributed by atoms with Gasteiger partial charge in [0.2, 0.25) is 0 Å². The first kappa shape index (κ1) is 12.2. The molecule has 1 aliphatic heterocycles. The van der Waals surface area contributed by atoms with Crippen LogP contribution in [0.4, 0.5) is 5.69 Å². The van der Waals surface area contributed by atoms with E-state index in [9.17, 15) is 4.79 Å². The quantitative estimate of drug-likeness (QED) is 0.604. The van der Waals surface area contributed by atoms with Gasteiger partial charge in [-0.1, -0.05) is 52.8 Å². The molecule has 19 heavy (non-hydrogen) atoms. The molecule has 3 heteroatoms. The van der Waals surface area contributed by atoms with Gasteiger partial charge in [0.15, 0.2) is 0 Å². The average Bonchev–Trinajstić information content (AvgIpc) is 2.46. The molecule has 1 amide bonds. The van der Waals surface area contributed by atoms with Crippen LogP contribution in [0.1, 0.15) is 11.6 Å². The zero-order valence-electron chi connectivity index (χ0n) is 10.2. The predicted octanol–water partition coefficient (Wildman–Crippen LogP) is 4.09. The first-order chi connectivity index (χ1) is 9.18. The van der Waals surface area contributed by atoms with Crippen molar-refractivity contribution in [2.45, 2.75) is 6.04 Å². The van der Waals surface area contributed by atoms with E-state index in [0.717, 1.165) is 15.7 Å². The highest BCUT2D eigenvalue weighted by Crippen LogP contribution is 2.42. The molecule has 0 unspecified atom stereocenters. The zero-order chi connectivity index (χ0) is 13.4. The minimum atomic E-state index is -0.0464. The van der Waals surface area contributed by atoms with Crippen LogP contribution in [0.2, 0.25) is 0 Å². The van der Waals surface area contributed by atoms with E-state index in [0.29, 0.717) is 5.57 Å². The SMILES string of the molecule is C=C1C(=O)N(c2ccc(Br)cc2)[C@H]1c1ccccc1. The highest BCUT2D eigenvalue weighted by molar-refractivity contribution is 9.10. The standard InChI is InChI=1S/C16H12BrNO/c1-11-15(12-5-3-2-4-6-12)18(16(11)19)14-9-7-13(17)8-10-14/h2-10,15H,1H2/t15-/m1/s1. The monoisotopic (exact) mass is 313 g/mol. The number of anilines is 1. The van der Waals surface area contributed by atoms with Crippen molar-refractivity contribution in [2.75, 3.05) is 4.90 Å². The smallest absolute Gasteiger partial charge is 0.256 e. The number of carbonyl (C=O) groups is 1. The molecule has 1 saturated heterocycles. The molecular formula is C16H12BrNO. The summed E-state index contributed by atoms with van der Waals surface area (Å²) in [6.07, 6.45) is 0. The van der Waals surface area contributed by atoms with Crippen LogP contribution in [0.3, 0.4) is 0 Å². The number of hydrogen-bond acceptors (Lipinski definition) is 1. The van der Waals surface area contributed by atoms with Gasteiger partial charge < -0.3 is 0 Å². The fourth-order valence-electron chi connectivity index (χ4n) is 2.33. The summed E-state index contributed by atoms with van der Waals surface area (Å²) in [5, 5.41) is 0. The number of benzene rings is 2. The van der Waals surface area contributed by atoms with Gasteiger partial charge in [-0.15, -0.1) is 0 Å². The van der Waals surface area contributed by atoms with E-state index in [1.54, 1.807) is 4.90 Å². The van der Waals surface area contributed by atoms with E-state index in [1.807, 2.05) is 54.6 Å². The van der Waals surface area contributed by atoms with E-state index < -0.39 is 0 Å². The lowest BCUT2D eigenvalue weighted by molar-refractivity contribution is -0.118. The summed E-state index contributed by atoms with van der Waals surface area (Å²) in [6, 6.07) is 17.7. The van der Waals surface area contributed by atoms with Crippen LogP contribution in [0.15, 0.2) is 71.2 Å². The molecule has 0 radical (unpaired) electrons. The predicted molar refractivity (Wildman–Crippen MR) is 80.0 cm³/mol. The largest absolute Gasteiger partial charge is 0.297 e. The Bertz CT molecular complexity index is 634. The molecule has 0 saturated carbocycles. The van der Waals surface area contributed by atoms with E-state index in [2.05, 4.69) is 22.5 Å². The van der Waals surface area contributed by atoms with Gasteiger partial charge in [0.1, 0.15) is 0 Å². The number of β-lactam (4-membered cyclic amide) rings is 1. The molecule has 1 heterocycles. The normalized spacial score (nSPS) is 18.4. The van der Waals surface area contributed by atoms with Crippen LogP contribution in [0.25, 0.3) is 0 Å². The van der Waals surface area contributed by atoms with Gasteiger partial charge in [-0.2, -0.15) is 0 Å². The van der Waals surface area contributed by atoms with Crippen molar-refractivity contribution in [3.63, 3.8) is 0 Å². The summed E-state index contributed by atoms with van der Waals surface area (Å²) < 4.78 is 0.999. The number of nitrogens with zero attached hydrogens (tertiary/aromatic N) is 1. The molecule has 0 N–H and O–H groups in total. The number of carbonyl (C=O) groups excluding carboxylic acids is 1. The molecule has 2 nitrogen and oxygen atoms in total. The maximum Gasteiger partial charge on any atom is 0.256 e. The van der Waals surface area contributed by atoms with E-state index in [-0.39, 0.29) is 11.9 Å². The van der Waals surface area contributed by atoms with Crippen molar-refractivity contribution in [1.82, 2.24) is 0 Å². The summed E-state index contributed by atoms with van der Waals surface area (Å²) in [6.45, 7) is 3.89. The van der Waals surface area contributed by atoms with Gasteiger partial charge in [-0.05, 0) is 29.8 Å². The number of hydrogen-bond donors (Lipinski definition) is 0. The fraction of sp³-hybridized carbons (Fsp3) is 0.0625. The first-order valence-electron chi connectivity index (χ1n) is 6.01. The molecule has 0 aromatic heterocycles. The Hall–Kier alpha value is -1.87. The summed E-state index contributed by atoms with van der Waals surface area (Å²) in [5.41, 5.74) is 2.64. The van der Waals surface area contributed by atoms with Crippen molar-refractivity contribution in [1.29, 1.82) is 0 Å². The molecule has 2 aromatic carbocycles. The zero-order valence-corrected chi connectivity index (χ0v) is 11.8.